The SMILES string of the molecule is CCCCc1nc2cc(NC=O)ccc2n1Cc1ccc(-c2ccccc2OC(=O)OC(C)(C)C)cc1. The summed E-state index contributed by atoms with van der Waals surface area (Å²) in [5, 5.41) is 2.70. The third-order valence-electron chi connectivity index (χ3n) is 5.88. The van der Waals surface area contributed by atoms with Crippen molar-refractivity contribution in [1.29, 1.82) is 0 Å². The summed E-state index contributed by atoms with van der Waals surface area (Å²) in [5.74, 6) is 1.48. The summed E-state index contributed by atoms with van der Waals surface area (Å²) >= 11 is 0. The number of hydrogen-bond acceptors (Lipinski definition) is 5. The van der Waals surface area contributed by atoms with Crippen molar-refractivity contribution >= 4 is 29.3 Å². The number of aromatic nitrogens is 2. The molecule has 0 radical (unpaired) electrons. The molecule has 0 aliphatic rings. The van der Waals surface area contributed by atoms with Crippen molar-refractivity contribution in [2.45, 2.75) is 59.1 Å². The van der Waals surface area contributed by atoms with E-state index in [1.54, 1.807) is 26.8 Å². The Morgan fingerprint density at radius 2 is 1.81 bits per heavy atom. The first-order valence-electron chi connectivity index (χ1n) is 12.6. The lowest BCUT2D eigenvalue weighted by Gasteiger charge is -2.19. The van der Waals surface area contributed by atoms with E-state index >= 15 is 0 Å². The van der Waals surface area contributed by atoms with E-state index in [-0.39, 0.29) is 0 Å². The van der Waals surface area contributed by atoms with Gasteiger partial charge < -0.3 is 19.4 Å². The normalized spacial score (nSPS) is 11.4. The van der Waals surface area contributed by atoms with E-state index in [1.165, 1.54) is 0 Å². The molecule has 0 saturated heterocycles. The second-order valence-corrected chi connectivity index (χ2v) is 9.94. The molecule has 1 amide bonds. The monoisotopic (exact) mass is 499 g/mol. The molecule has 0 aliphatic carbocycles. The summed E-state index contributed by atoms with van der Waals surface area (Å²) in [4.78, 5) is 28.0. The Balaban J connectivity index is 1.59. The van der Waals surface area contributed by atoms with E-state index in [0.717, 1.165) is 58.5 Å². The lowest BCUT2D eigenvalue weighted by Crippen LogP contribution is -2.26. The number of aryl methyl sites for hydroxylation is 1. The molecular weight excluding hydrogens is 466 g/mol. The minimum Gasteiger partial charge on any atom is -0.428 e. The fourth-order valence-corrected chi connectivity index (χ4v) is 4.17. The fourth-order valence-electron chi connectivity index (χ4n) is 4.17. The first-order valence-corrected chi connectivity index (χ1v) is 12.6. The van der Waals surface area contributed by atoms with E-state index < -0.39 is 11.8 Å². The predicted molar refractivity (Wildman–Crippen MR) is 146 cm³/mol. The van der Waals surface area contributed by atoms with Crippen LogP contribution in [-0.2, 0) is 22.5 Å². The van der Waals surface area contributed by atoms with E-state index in [0.29, 0.717) is 18.7 Å². The number of para-hydroxylation sites is 1. The zero-order valence-corrected chi connectivity index (χ0v) is 21.8. The average molecular weight is 500 g/mol. The van der Waals surface area contributed by atoms with Crippen LogP contribution in [0.1, 0.15) is 51.9 Å². The number of nitrogens with one attached hydrogen (secondary N) is 1. The Hall–Kier alpha value is -4.13. The smallest absolute Gasteiger partial charge is 0.428 e. The van der Waals surface area contributed by atoms with Crippen molar-refractivity contribution in [3.63, 3.8) is 0 Å². The molecule has 4 rings (SSSR count). The minimum absolute atomic E-state index is 0.451. The fraction of sp³-hybridized carbons (Fsp3) is 0.300. The number of carbonyl (C=O) groups is 2. The van der Waals surface area contributed by atoms with Crippen LogP contribution >= 0.6 is 0 Å². The number of unbranched alkanes of at least 4 members (excludes halogenated alkanes) is 1. The maximum atomic E-state index is 12.2. The standard InChI is InChI=1S/C30H33N3O4/c1-5-6-11-28-32-25-18-23(31-20-34)16-17-26(25)33(28)19-21-12-14-22(15-13-21)24-9-7-8-10-27(24)36-29(35)37-30(2,3)4/h7-10,12-18,20H,5-6,11,19H2,1-4H3,(H,31,34). The van der Waals surface area contributed by atoms with Gasteiger partial charge in [-0.1, -0.05) is 55.8 Å². The number of ether oxygens (including phenoxy) is 2. The largest absolute Gasteiger partial charge is 0.514 e. The van der Waals surface area contributed by atoms with Gasteiger partial charge in [-0.25, -0.2) is 9.78 Å². The molecule has 0 bridgehead atoms. The Morgan fingerprint density at radius 3 is 2.51 bits per heavy atom. The third kappa shape index (κ3) is 6.55. The third-order valence-corrected chi connectivity index (χ3v) is 5.88. The summed E-state index contributed by atoms with van der Waals surface area (Å²) in [5.41, 5.74) is 4.87. The van der Waals surface area contributed by atoms with Crippen molar-refractivity contribution in [3.05, 3.63) is 78.1 Å². The molecule has 1 heterocycles. The molecule has 3 aromatic carbocycles. The Morgan fingerprint density at radius 1 is 1.05 bits per heavy atom. The summed E-state index contributed by atoms with van der Waals surface area (Å²) in [7, 11) is 0. The van der Waals surface area contributed by atoms with Gasteiger partial charge in [-0.15, -0.1) is 0 Å². The first-order chi connectivity index (χ1) is 17.8. The topological polar surface area (TPSA) is 82.5 Å². The van der Waals surface area contributed by atoms with Crippen molar-refractivity contribution < 1.29 is 19.1 Å². The highest BCUT2D eigenvalue weighted by Crippen LogP contribution is 2.31. The van der Waals surface area contributed by atoms with Gasteiger partial charge in [0.1, 0.15) is 17.2 Å². The van der Waals surface area contributed by atoms with Crippen molar-refractivity contribution in [1.82, 2.24) is 9.55 Å². The maximum absolute atomic E-state index is 12.2. The van der Waals surface area contributed by atoms with E-state index in [4.69, 9.17) is 14.5 Å². The van der Waals surface area contributed by atoms with Crippen LogP contribution in [0.15, 0.2) is 66.7 Å². The van der Waals surface area contributed by atoms with Crippen molar-refractivity contribution in [2.75, 3.05) is 5.32 Å². The van der Waals surface area contributed by atoms with Crippen LogP contribution in [0, 0.1) is 0 Å². The zero-order chi connectivity index (χ0) is 26.4. The molecular formula is C30H33N3O4. The van der Waals surface area contributed by atoms with Gasteiger partial charge in [0, 0.05) is 24.2 Å². The van der Waals surface area contributed by atoms with Gasteiger partial charge in [0.05, 0.1) is 11.0 Å². The van der Waals surface area contributed by atoms with Crippen LogP contribution in [0.25, 0.3) is 22.2 Å². The molecule has 0 unspecified atom stereocenters. The summed E-state index contributed by atoms with van der Waals surface area (Å²) in [6.45, 7) is 8.25. The number of imidazole rings is 1. The van der Waals surface area contributed by atoms with E-state index in [1.807, 2.05) is 48.5 Å². The van der Waals surface area contributed by atoms with E-state index in [9.17, 15) is 9.59 Å². The number of carbonyl (C=O) groups excluding carboxylic acids is 2. The van der Waals surface area contributed by atoms with Crippen LogP contribution in [0.2, 0.25) is 0 Å². The molecule has 0 spiro atoms. The number of benzene rings is 3. The van der Waals surface area contributed by atoms with Crippen molar-refractivity contribution in [2.24, 2.45) is 0 Å². The van der Waals surface area contributed by atoms with Gasteiger partial charge in [-0.3, -0.25) is 4.79 Å². The molecule has 0 fully saturated rings. The quantitative estimate of drug-likeness (QED) is 0.153. The lowest BCUT2D eigenvalue weighted by atomic mass is 10.0. The molecule has 192 valence electrons. The highest BCUT2D eigenvalue weighted by atomic mass is 16.7. The van der Waals surface area contributed by atoms with Gasteiger partial charge in [-0.2, -0.15) is 0 Å². The Bertz CT molecular complexity index is 1380. The van der Waals surface area contributed by atoms with Crippen LogP contribution in [0.5, 0.6) is 5.75 Å². The summed E-state index contributed by atoms with van der Waals surface area (Å²) < 4.78 is 13.1. The summed E-state index contributed by atoms with van der Waals surface area (Å²) in [6, 6.07) is 21.4. The van der Waals surface area contributed by atoms with Crippen LogP contribution in [0.3, 0.4) is 0 Å². The van der Waals surface area contributed by atoms with Crippen LogP contribution < -0.4 is 10.1 Å². The van der Waals surface area contributed by atoms with Crippen molar-refractivity contribution in [3.8, 4) is 16.9 Å². The molecule has 7 nitrogen and oxygen atoms in total. The molecule has 0 atom stereocenters. The second kappa shape index (κ2) is 11.3. The molecule has 0 saturated carbocycles. The molecule has 37 heavy (non-hydrogen) atoms. The van der Waals surface area contributed by atoms with Gasteiger partial charge in [0.25, 0.3) is 0 Å². The predicted octanol–water partition coefficient (Wildman–Crippen LogP) is 6.98. The average Bonchev–Trinajstić information content (AvgIpc) is 3.19. The highest BCUT2D eigenvalue weighted by molar-refractivity contribution is 5.84. The minimum atomic E-state index is -0.727. The molecule has 4 aromatic rings. The number of nitrogens with zero attached hydrogens (tertiary/aromatic N) is 2. The molecule has 7 heteroatoms. The van der Waals surface area contributed by atoms with Crippen LogP contribution in [-0.4, -0.2) is 27.7 Å². The Kier molecular flexibility index (Phi) is 7.92. The zero-order valence-electron chi connectivity index (χ0n) is 21.8. The lowest BCUT2D eigenvalue weighted by molar-refractivity contribution is -0.105. The van der Waals surface area contributed by atoms with Gasteiger partial charge in [0.2, 0.25) is 6.41 Å². The molecule has 1 aromatic heterocycles. The second-order valence-electron chi connectivity index (χ2n) is 9.94. The molecule has 0 aliphatic heterocycles. The molecule has 1 N–H and O–H groups in total. The van der Waals surface area contributed by atoms with Gasteiger partial charge in [-0.05, 0) is 62.6 Å². The first kappa shape index (κ1) is 25.9. The number of hydrogen-bond donors (Lipinski definition) is 1. The van der Waals surface area contributed by atoms with Gasteiger partial charge in [0.15, 0.2) is 0 Å². The van der Waals surface area contributed by atoms with E-state index in [2.05, 4.69) is 28.9 Å². The summed E-state index contributed by atoms with van der Waals surface area (Å²) in [6.07, 6.45) is 2.97. The number of amides is 1. The maximum Gasteiger partial charge on any atom is 0.514 e. The number of anilines is 1. The Labute approximate surface area is 217 Å². The number of fused-ring (bicyclic) bond motifs is 1. The highest BCUT2D eigenvalue weighted by Gasteiger charge is 2.19. The number of rotatable bonds is 9. The van der Waals surface area contributed by atoms with Gasteiger partial charge >= 0.3 is 6.16 Å². The van der Waals surface area contributed by atoms with Crippen LogP contribution in [0.4, 0.5) is 10.5 Å².